The summed E-state index contributed by atoms with van der Waals surface area (Å²) in [6, 6.07) is 8.06. The smallest absolute Gasteiger partial charge is 0.434 e. The van der Waals surface area contributed by atoms with Gasteiger partial charge in [0.05, 0.1) is 5.71 Å². The summed E-state index contributed by atoms with van der Waals surface area (Å²) >= 11 is 0. The van der Waals surface area contributed by atoms with Gasteiger partial charge >= 0.3 is 6.09 Å². The van der Waals surface area contributed by atoms with Crippen LogP contribution in [-0.4, -0.2) is 17.4 Å². The van der Waals surface area contributed by atoms with Gasteiger partial charge in [0, 0.05) is 0 Å². The van der Waals surface area contributed by atoms with Gasteiger partial charge in [0.2, 0.25) is 0 Å². The molecule has 2 rings (SSSR count). The SMILES string of the molecule is CC(C)(C)OC(=O)/N=C1\CCc2ccccc21. The monoisotopic (exact) mass is 231 g/mol. The van der Waals surface area contributed by atoms with Crippen molar-refractivity contribution in [1.29, 1.82) is 0 Å². The van der Waals surface area contributed by atoms with E-state index in [4.69, 9.17) is 4.74 Å². The summed E-state index contributed by atoms with van der Waals surface area (Å²) in [5, 5.41) is 0. The van der Waals surface area contributed by atoms with E-state index in [1.165, 1.54) is 5.56 Å². The van der Waals surface area contributed by atoms with Gasteiger partial charge in [-0.25, -0.2) is 4.79 Å². The second-order valence-electron chi connectivity index (χ2n) is 5.20. The average molecular weight is 231 g/mol. The number of carbonyl (C=O) groups excluding carboxylic acids is 1. The number of amides is 1. The number of carbonyl (C=O) groups is 1. The van der Waals surface area contributed by atoms with Gasteiger partial charge in [-0.15, -0.1) is 0 Å². The molecule has 0 heterocycles. The maximum atomic E-state index is 11.6. The molecule has 0 saturated carbocycles. The predicted octanol–water partition coefficient (Wildman–Crippen LogP) is 3.36. The third-order valence-corrected chi connectivity index (χ3v) is 2.58. The van der Waals surface area contributed by atoms with E-state index in [0.717, 1.165) is 24.1 Å². The Labute approximate surface area is 102 Å². The van der Waals surface area contributed by atoms with Gasteiger partial charge < -0.3 is 4.74 Å². The molecule has 0 unspecified atom stereocenters. The van der Waals surface area contributed by atoms with Crippen LogP contribution in [0.25, 0.3) is 0 Å². The highest BCUT2D eigenvalue weighted by atomic mass is 16.6. The Kier molecular flexibility index (Phi) is 3.01. The summed E-state index contributed by atoms with van der Waals surface area (Å²) < 4.78 is 5.19. The molecule has 17 heavy (non-hydrogen) atoms. The van der Waals surface area contributed by atoms with Gasteiger partial charge in [-0.2, -0.15) is 4.99 Å². The number of aryl methyl sites for hydroxylation is 1. The molecule has 1 aliphatic carbocycles. The molecule has 1 aromatic carbocycles. The molecular weight excluding hydrogens is 214 g/mol. The zero-order valence-electron chi connectivity index (χ0n) is 10.5. The fraction of sp³-hybridized carbons (Fsp3) is 0.429. The van der Waals surface area contributed by atoms with E-state index in [9.17, 15) is 4.79 Å². The summed E-state index contributed by atoms with van der Waals surface area (Å²) in [7, 11) is 0. The maximum absolute atomic E-state index is 11.6. The van der Waals surface area contributed by atoms with Gasteiger partial charge in [0.1, 0.15) is 5.60 Å². The lowest BCUT2D eigenvalue weighted by atomic mass is 10.1. The van der Waals surface area contributed by atoms with E-state index in [2.05, 4.69) is 11.1 Å². The van der Waals surface area contributed by atoms with Crippen molar-refractivity contribution in [2.45, 2.75) is 39.2 Å². The number of fused-ring (bicyclic) bond motifs is 1. The quantitative estimate of drug-likeness (QED) is 0.686. The molecule has 0 N–H and O–H groups in total. The zero-order valence-corrected chi connectivity index (χ0v) is 10.5. The first-order valence-corrected chi connectivity index (χ1v) is 5.84. The van der Waals surface area contributed by atoms with Crippen LogP contribution >= 0.6 is 0 Å². The van der Waals surface area contributed by atoms with Crippen LogP contribution in [-0.2, 0) is 11.2 Å². The number of nitrogens with zero attached hydrogens (tertiary/aromatic N) is 1. The molecule has 0 spiro atoms. The number of ether oxygens (including phenoxy) is 1. The summed E-state index contributed by atoms with van der Waals surface area (Å²) in [6.45, 7) is 5.52. The van der Waals surface area contributed by atoms with Gasteiger partial charge in [-0.05, 0) is 44.7 Å². The van der Waals surface area contributed by atoms with Crippen molar-refractivity contribution in [3.05, 3.63) is 35.4 Å². The average Bonchev–Trinajstić information content (AvgIpc) is 2.59. The van der Waals surface area contributed by atoms with Crippen molar-refractivity contribution in [2.24, 2.45) is 4.99 Å². The van der Waals surface area contributed by atoms with E-state index in [1.54, 1.807) is 0 Å². The standard InChI is InChI=1S/C14H17NO2/c1-14(2,3)17-13(16)15-12-9-8-10-6-4-5-7-11(10)12/h4-7H,8-9H2,1-3H3/b15-12+. The van der Waals surface area contributed by atoms with Crippen LogP contribution in [0.2, 0.25) is 0 Å². The summed E-state index contributed by atoms with van der Waals surface area (Å²) in [5.41, 5.74) is 2.70. The predicted molar refractivity (Wildman–Crippen MR) is 67.5 cm³/mol. The van der Waals surface area contributed by atoms with Gasteiger partial charge in [-0.3, -0.25) is 0 Å². The van der Waals surface area contributed by atoms with Crippen LogP contribution < -0.4 is 0 Å². The molecule has 1 amide bonds. The summed E-state index contributed by atoms with van der Waals surface area (Å²) in [5.74, 6) is 0. The molecule has 0 atom stereocenters. The second-order valence-corrected chi connectivity index (χ2v) is 5.20. The Morgan fingerprint density at radius 3 is 2.65 bits per heavy atom. The van der Waals surface area contributed by atoms with Crippen LogP contribution in [0.1, 0.15) is 38.3 Å². The van der Waals surface area contributed by atoms with Crippen molar-refractivity contribution < 1.29 is 9.53 Å². The van der Waals surface area contributed by atoms with Crippen molar-refractivity contribution in [3.63, 3.8) is 0 Å². The molecule has 90 valence electrons. The highest BCUT2D eigenvalue weighted by Crippen LogP contribution is 2.22. The number of aliphatic imine (C=N–C) groups is 1. The first-order valence-electron chi connectivity index (χ1n) is 5.84. The Balaban J connectivity index is 2.18. The summed E-state index contributed by atoms with van der Waals surface area (Å²) in [6.07, 6.45) is 1.28. The Morgan fingerprint density at radius 2 is 1.94 bits per heavy atom. The first-order chi connectivity index (χ1) is 7.96. The summed E-state index contributed by atoms with van der Waals surface area (Å²) in [4.78, 5) is 15.7. The number of hydrogen-bond donors (Lipinski definition) is 0. The molecule has 0 bridgehead atoms. The minimum Gasteiger partial charge on any atom is -0.442 e. The lowest BCUT2D eigenvalue weighted by molar-refractivity contribution is 0.0604. The Hall–Kier alpha value is -1.64. The molecule has 1 aliphatic rings. The molecule has 3 heteroatoms. The molecule has 1 aromatic rings. The molecule has 0 fully saturated rings. The van der Waals surface area contributed by atoms with Crippen LogP contribution in [0.3, 0.4) is 0 Å². The van der Waals surface area contributed by atoms with E-state index in [1.807, 2.05) is 39.0 Å². The van der Waals surface area contributed by atoms with Crippen molar-refractivity contribution in [1.82, 2.24) is 0 Å². The molecule has 3 nitrogen and oxygen atoms in total. The fourth-order valence-corrected chi connectivity index (χ4v) is 1.92. The van der Waals surface area contributed by atoms with Crippen molar-refractivity contribution >= 4 is 11.8 Å². The van der Waals surface area contributed by atoms with Gasteiger partial charge in [-0.1, -0.05) is 24.3 Å². The van der Waals surface area contributed by atoms with E-state index in [-0.39, 0.29) is 0 Å². The van der Waals surface area contributed by atoms with Gasteiger partial charge in [0.15, 0.2) is 0 Å². The number of hydrogen-bond acceptors (Lipinski definition) is 2. The molecular formula is C14H17NO2. The normalized spacial score (nSPS) is 17.0. The van der Waals surface area contributed by atoms with Crippen molar-refractivity contribution in [3.8, 4) is 0 Å². The van der Waals surface area contributed by atoms with Crippen molar-refractivity contribution in [2.75, 3.05) is 0 Å². The minimum atomic E-state index is -0.496. The van der Waals surface area contributed by atoms with Crippen LogP contribution in [0.15, 0.2) is 29.3 Å². The number of benzene rings is 1. The molecule has 0 saturated heterocycles. The Bertz CT molecular complexity index is 469. The molecule has 0 aliphatic heterocycles. The lowest BCUT2D eigenvalue weighted by Gasteiger charge is -2.17. The highest BCUT2D eigenvalue weighted by Gasteiger charge is 2.20. The lowest BCUT2D eigenvalue weighted by Crippen LogP contribution is -2.22. The second kappa shape index (κ2) is 4.32. The van der Waals surface area contributed by atoms with E-state index < -0.39 is 11.7 Å². The highest BCUT2D eigenvalue weighted by molar-refractivity contribution is 6.08. The van der Waals surface area contributed by atoms with Gasteiger partial charge in [0.25, 0.3) is 0 Å². The van der Waals surface area contributed by atoms with Crippen LogP contribution in [0.4, 0.5) is 4.79 Å². The molecule has 0 radical (unpaired) electrons. The zero-order chi connectivity index (χ0) is 12.5. The third-order valence-electron chi connectivity index (χ3n) is 2.58. The Morgan fingerprint density at radius 1 is 1.24 bits per heavy atom. The van der Waals surface area contributed by atoms with Crippen LogP contribution in [0.5, 0.6) is 0 Å². The molecule has 0 aromatic heterocycles. The number of rotatable bonds is 0. The van der Waals surface area contributed by atoms with E-state index >= 15 is 0 Å². The first kappa shape index (κ1) is 11.8. The maximum Gasteiger partial charge on any atom is 0.434 e. The third kappa shape index (κ3) is 2.93. The minimum absolute atomic E-state index is 0.487. The van der Waals surface area contributed by atoms with Crippen LogP contribution in [0, 0.1) is 0 Å². The van der Waals surface area contributed by atoms with E-state index in [0.29, 0.717) is 0 Å². The fourth-order valence-electron chi connectivity index (χ4n) is 1.92. The largest absolute Gasteiger partial charge is 0.442 e. The topological polar surface area (TPSA) is 38.7 Å².